The van der Waals surface area contributed by atoms with E-state index in [2.05, 4.69) is 52.6 Å². The van der Waals surface area contributed by atoms with Gasteiger partial charge in [-0.05, 0) is 60.7 Å². The number of thiophene rings is 1. The number of nitrogens with one attached hydrogen (secondary N) is 1. The fourth-order valence-electron chi connectivity index (χ4n) is 2.05. The van der Waals surface area contributed by atoms with Crippen LogP contribution in [0, 0.1) is 6.92 Å². The molecule has 0 bridgehead atoms. The van der Waals surface area contributed by atoms with Crippen LogP contribution in [0.25, 0.3) is 0 Å². The maximum Gasteiger partial charge on any atom is 0.0688 e. The SMILES string of the molecule is CCCNC(c1cc(Br)ccc1Cl)c1sccc1C. The summed E-state index contributed by atoms with van der Waals surface area (Å²) in [7, 11) is 0. The first kappa shape index (κ1) is 15.0. The van der Waals surface area contributed by atoms with Crippen LogP contribution in [-0.4, -0.2) is 6.54 Å². The van der Waals surface area contributed by atoms with E-state index < -0.39 is 0 Å². The second-order valence-electron chi connectivity index (χ2n) is 4.52. The van der Waals surface area contributed by atoms with Gasteiger partial charge in [0.25, 0.3) is 0 Å². The summed E-state index contributed by atoms with van der Waals surface area (Å²) in [6.45, 7) is 5.30. The van der Waals surface area contributed by atoms with E-state index in [9.17, 15) is 0 Å². The van der Waals surface area contributed by atoms with Crippen molar-refractivity contribution in [3.63, 3.8) is 0 Å². The molecule has 1 atom stereocenters. The zero-order valence-corrected chi connectivity index (χ0v) is 14.2. The van der Waals surface area contributed by atoms with E-state index >= 15 is 0 Å². The highest BCUT2D eigenvalue weighted by molar-refractivity contribution is 9.10. The van der Waals surface area contributed by atoms with Crippen LogP contribution < -0.4 is 5.32 Å². The van der Waals surface area contributed by atoms with Crippen LogP contribution in [0.15, 0.2) is 34.1 Å². The van der Waals surface area contributed by atoms with Crippen molar-refractivity contribution < 1.29 is 0 Å². The lowest BCUT2D eigenvalue weighted by Gasteiger charge is -2.20. The predicted molar refractivity (Wildman–Crippen MR) is 88.3 cm³/mol. The molecule has 1 heterocycles. The minimum atomic E-state index is 0.171. The van der Waals surface area contributed by atoms with Crippen LogP contribution in [0.4, 0.5) is 0 Å². The molecule has 0 aliphatic carbocycles. The lowest BCUT2D eigenvalue weighted by atomic mass is 10.0. The summed E-state index contributed by atoms with van der Waals surface area (Å²) >= 11 is 11.7. The summed E-state index contributed by atoms with van der Waals surface area (Å²) in [4.78, 5) is 1.34. The first-order chi connectivity index (χ1) is 9.13. The first-order valence-corrected chi connectivity index (χ1v) is 8.41. The molecular formula is C15H17BrClNS. The molecule has 102 valence electrons. The Kier molecular flexibility index (Phi) is 5.46. The standard InChI is InChI=1S/C15H17BrClNS/c1-3-7-18-14(15-10(2)6-8-19-15)12-9-11(16)4-5-13(12)17/h4-6,8-9,14,18H,3,7H2,1-2H3. The van der Waals surface area contributed by atoms with Crippen LogP contribution in [-0.2, 0) is 0 Å². The first-order valence-electron chi connectivity index (χ1n) is 6.35. The van der Waals surface area contributed by atoms with Crippen LogP contribution >= 0.6 is 38.9 Å². The molecule has 1 aromatic heterocycles. The maximum absolute atomic E-state index is 6.38. The molecule has 0 aliphatic rings. The van der Waals surface area contributed by atoms with Gasteiger partial charge in [-0.2, -0.15) is 0 Å². The molecule has 0 aliphatic heterocycles. The van der Waals surface area contributed by atoms with Gasteiger partial charge in [0.05, 0.1) is 6.04 Å². The average molecular weight is 359 g/mol. The van der Waals surface area contributed by atoms with Crippen molar-refractivity contribution in [2.24, 2.45) is 0 Å². The number of rotatable bonds is 5. The summed E-state index contributed by atoms with van der Waals surface area (Å²) in [5, 5.41) is 6.55. The van der Waals surface area contributed by atoms with E-state index in [-0.39, 0.29) is 6.04 Å². The molecule has 2 rings (SSSR count). The van der Waals surface area contributed by atoms with Gasteiger partial charge in [0, 0.05) is 14.4 Å². The van der Waals surface area contributed by atoms with Gasteiger partial charge in [0.1, 0.15) is 0 Å². The van der Waals surface area contributed by atoms with Crippen molar-refractivity contribution in [2.75, 3.05) is 6.54 Å². The van der Waals surface area contributed by atoms with Crippen molar-refractivity contribution in [2.45, 2.75) is 26.3 Å². The highest BCUT2D eigenvalue weighted by atomic mass is 79.9. The van der Waals surface area contributed by atoms with Gasteiger partial charge in [0.2, 0.25) is 0 Å². The van der Waals surface area contributed by atoms with E-state index in [1.807, 2.05) is 12.1 Å². The van der Waals surface area contributed by atoms with Crippen LogP contribution in [0.2, 0.25) is 5.02 Å². The Bertz CT molecular complexity index is 553. The third-order valence-electron chi connectivity index (χ3n) is 3.03. The van der Waals surface area contributed by atoms with Gasteiger partial charge in [-0.25, -0.2) is 0 Å². The third-order valence-corrected chi connectivity index (χ3v) is 4.95. The second-order valence-corrected chi connectivity index (χ2v) is 6.79. The minimum Gasteiger partial charge on any atom is -0.306 e. The van der Waals surface area contributed by atoms with Crippen molar-refractivity contribution in [3.05, 3.63) is 55.1 Å². The number of hydrogen-bond donors (Lipinski definition) is 1. The smallest absolute Gasteiger partial charge is 0.0688 e. The van der Waals surface area contributed by atoms with E-state index in [4.69, 9.17) is 11.6 Å². The topological polar surface area (TPSA) is 12.0 Å². The molecule has 0 saturated heterocycles. The van der Waals surface area contributed by atoms with Crippen LogP contribution in [0.1, 0.15) is 35.4 Å². The molecule has 1 nitrogen and oxygen atoms in total. The Morgan fingerprint density at radius 2 is 2.16 bits per heavy atom. The molecule has 0 fully saturated rings. The summed E-state index contributed by atoms with van der Waals surface area (Å²) in [6, 6.07) is 8.36. The fraction of sp³-hybridized carbons (Fsp3) is 0.333. The second kappa shape index (κ2) is 6.89. The summed E-state index contributed by atoms with van der Waals surface area (Å²) in [6.07, 6.45) is 1.10. The Morgan fingerprint density at radius 1 is 1.37 bits per heavy atom. The van der Waals surface area contributed by atoms with Crippen molar-refractivity contribution in [1.82, 2.24) is 5.32 Å². The summed E-state index contributed by atoms with van der Waals surface area (Å²) in [5.41, 5.74) is 2.45. The zero-order valence-electron chi connectivity index (χ0n) is 11.0. The van der Waals surface area contributed by atoms with Gasteiger partial charge >= 0.3 is 0 Å². The van der Waals surface area contributed by atoms with E-state index in [0.717, 1.165) is 28.0 Å². The monoisotopic (exact) mass is 357 g/mol. The third kappa shape index (κ3) is 3.60. The van der Waals surface area contributed by atoms with Gasteiger partial charge in [-0.15, -0.1) is 11.3 Å². The summed E-state index contributed by atoms with van der Waals surface area (Å²) in [5.74, 6) is 0. The quantitative estimate of drug-likeness (QED) is 0.737. The van der Waals surface area contributed by atoms with Crippen LogP contribution in [0.3, 0.4) is 0 Å². The van der Waals surface area contributed by atoms with E-state index in [1.165, 1.54) is 10.4 Å². The average Bonchev–Trinajstić information content (AvgIpc) is 2.80. The Balaban J connectivity index is 2.42. The molecular weight excluding hydrogens is 342 g/mol. The molecule has 0 amide bonds. The molecule has 0 spiro atoms. The van der Waals surface area contributed by atoms with Crippen molar-refractivity contribution in [1.29, 1.82) is 0 Å². The van der Waals surface area contributed by atoms with Gasteiger partial charge < -0.3 is 5.32 Å². The molecule has 19 heavy (non-hydrogen) atoms. The lowest BCUT2D eigenvalue weighted by molar-refractivity contribution is 0.604. The normalized spacial score (nSPS) is 12.6. The van der Waals surface area contributed by atoms with Crippen molar-refractivity contribution >= 4 is 38.9 Å². The zero-order chi connectivity index (χ0) is 13.8. The number of aryl methyl sites for hydroxylation is 1. The highest BCUT2D eigenvalue weighted by Gasteiger charge is 2.19. The van der Waals surface area contributed by atoms with Gasteiger partial charge in [-0.3, -0.25) is 0 Å². The molecule has 0 saturated carbocycles. The van der Waals surface area contributed by atoms with Crippen LogP contribution in [0.5, 0.6) is 0 Å². The van der Waals surface area contributed by atoms with E-state index in [0.29, 0.717) is 0 Å². The fourth-order valence-corrected chi connectivity index (χ4v) is 3.67. The van der Waals surface area contributed by atoms with Crippen molar-refractivity contribution in [3.8, 4) is 0 Å². The maximum atomic E-state index is 6.38. The molecule has 0 radical (unpaired) electrons. The highest BCUT2D eigenvalue weighted by Crippen LogP contribution is 2.34. The number of halogens is 2. The lowest BCUT2D eigenvalue weighted by Crippen LogP contribution is -2.23. The Morgan fingerprint density at radius 3 is 2.79 bits per heavy atom. The summed E-state index contributed by atoms with van der Waals surface area (Å²) < 4.78 is 1.06. The molecule has 4 heteroatoms. The largest absolute Gasteiger partial charge is 0.306 e. The van der Waals surface area contributed by atoms with Gasteiger partial charge in [-0.1, -0.05) is 34.5 Å². The Hall–Kier alpha value is -0.350. The Labute approximate surface area is 132 Å². The number of benzene rings is 1. The predicted octanol–water partition coefficient (Wildman–Crippen LogP) is 5.56. The molecule has 1 aromatic carbocycles. The molecule has 1 unspecified atom stereocenters. The number of hydrogen-bond acceptors (Lipinski definition) is 2. The minimum absolute atomic E-state index is 0.171. The van der Waals surface area contributed by atoms with E-state index in [1.54, 1.807) is 11.3 Å². The molecule has 2 aromatic rings. The van der Waals surface area contributed by atoms with Gasteiger partial charge in [0.15, 0.2) is 0 Å². The molecule has 1 N–H and O–H groups in total.